The molecule has 1 aliphatic heterocycles. The summed E-state index contributed by atoms with van der Waals surface area (Å²) in [5.41, 5.74) is -0.0770. The van der Waals surface area contributed by atoms with E-state index in [1.807, 2.05) is 6.92 Å². The van der Waals surface area contributed by atoms with E-state index in [0.29, 0.717) is 6.04 Å². The van der Waals surface area contributed by atoms with Gasteiger partial charge >= 0.3 is 0 Å². The molecule has 0 radical (unpaired) electrons. The van der Waals surface area contributed by atoms with Crippen molar-refractivity contribution in [2.24, 2.45) is 0 Å². The summed E-state index contributed by atoms with van der Waals surface area (Å²) in [5.74, 6) is 0.127. The molecule has 0 bridgehead atoms. The number of carbonyl (C=O) groups excluding carboxylic acids is 1. The van der Waals surface area contributed by atoms with E-state index >= 15 is 0 Å². The van der Waals surface area contributed by atoms with Gasteiger partial charge in [0.25, 0.3) is 0 Å². The Bertz CT molecular complexity index is 302. The summed E-state index contributed by atoms with van der Waals surface area (Å²) < 4.78 is 5.59. The highest BCUT2D eigenvalue weighted by Gasteiger charge is 2.38. The molecule has 4 nitrogen and oxygen atoms in total. The molecular formula is C14H26N2O2. The molecule has 3 unspecified atom stereocenters. The lowest BCUT2D eigenvalue weighted by molar-refractivity contribution is -0.124. The molecule has 18 heavy (non-hydrogen) atoms. The fraction of sp³-hybridized carbons (Fsp3) is 0.929. The first-order valence-corrected chi connectivity index (χ1v) is 7.21. The fourth-order valence-corrected chi connectivity index (χ4v) is 2.98. The van der Waals surface area contributed by atoms with Crippen LogP contribution in [0.3, 0.4) is 0 Å². The van der Waals surface area contributed by atoms with Gasteiger partial charge in [0, 0.05) is 18.2 Å². The number of nitrogens with one attached hydrogen (secondary N) is 2. The lowest BCUT2D eigenvalue weighted by Gasteiger charge is -2.32. The van der Waals surface area contributed by atoms with E-state index in [2.05, 4.69) is 24.5 Å². The Kier molecular flexibility index (Phi) is 4.28. The summed E-state index contributed by atoms with van der Waals surface area (Å²) in [6, 6.07) is 0.242. The molecule has 1 heterocycles. The van der Waals surface area contributed by atoms with Crippen LogP contribution in [0.25, 0.3) is 0 Å². The Morgan fingerprint density at radius 2 is 2.06 bits per heavy atom. The molecule has 2 aliphatic rings. The summed E-state index contributed by atoms with van der Waals surface area (Å²) in [7, 11) is 0. The second-order valence-corrected chi connectivity index (χ2v) is 6.04. The largest absolute Gasteiger partial charge is 0.377 e. The Morgan fingerprint density at radius 1 is 1.39 bits per heavy atom. The molecule has 4 heteroatoms. The molecule has 1 aliphatic carbocycles. The number of hydrogen-bond donors (Lipinski definition) is 2. The molecule has 2 fully saturated rings. The van der Waals surface area contributed by atoms with Crippen LogP contribution >= 0.6 is 0 Å². The van der Waals surface area contributed by atoms with Gasteiger partial charge in [-0.1, -0.05) is 12.8 Å². The molecule has 0 spiro atoms. The predicted molar refractivity (Wildman–Crippen MR) is 71.4 cm³/mol. The highest BCUT2D eigenvalue weighted by molar-refractivity contribution is 5.81. The van der Waals surface area contributed by atoms with Gasteiger partial charge in [-0.15, -0.1) is 0 Å². The van der Waals surface area contributed by atoms with Crippen molar-refractivity contribution in [1.29, 1.82) is 0 Å². The first-order chi connectivity index (χ1) is 8.51. The minimum Gasteiger partial charge on any atom is -0.377 e. The Hall–Kier alpha value is -0.610. The minimum absolute atomic E-state index is 0.0770. The molecular weight excluding hydrogens is 228 g/mol. The summed E-state index contributed by atoms with van der Waals surface area (Å²) >= 11 is 0. The van der Waals surface area contributed by atoms with E-state index in [0.717, 1.165) is 25.9 Å². The molecule has 0 aromatic heterocycles. The molecule has 1 saturated carbocycles. The molecule has 2 rings (SSSR count). The van der Waals surface area contributed by atoms with Crippen LogP contribution in [-0.4, -0.2) is 36.2 Å². The Morgan fingerprint density at radius 3 is 2.61 bits per heavy atom. The molecule has 0 aromatic rings. The van der Waals surface area contributed by atoms with Crippen LogP contribution in [0, 0.1) is 0 Å². The van der Waals surface area contributed by atoms with Gasteiger partial charge in [0.15, 0.2) is 0 Å². The molecule has 1 amide bonds. The van der Waals surface area contributed by atoms with E-state index in [1.54, 1.807) is 0 Å². The van der Waals surface area contributed by atoms with E-state index in [4.69, 9.17) is 4.74 Å². The Balaban J connectivity index is 1.83. The van der Waals surface area contributed by atoms with Crippen molar-refractivity contribution in [2.75, 3.05) is 6.61 Å². The zero-order chi connectivity index (χ0) is 13.2. The smallest absolute Gasteiger partial charge is 0.237 e. The summed E-state index contributed by atoms with van der Waals surface area (Å²) in [6.07, 6.45) is 5.89. The van der Waals surface area contributed by atoms with Crippen molar-refractivity contribution in [3.63, 3.8) is 0 Å². The van der Waals surface area contributed by atoms with E-state index < -0.39 is 0 Å². The van der Waals surface area contributed by atoms with E-state index in [-0.39, 0.29) is 23.6 Å². The van der Waals surface area contributed by atoms with Crippen molar-refractivity contribution >= 4 is 5.91 Å². The van der Waals surface area contributed by atoms with Gasteiger partial charge in [0.2, 0.25) is 5.91 Å². The number of amides is 1. The quantitative estimate of drug-likeness (QED) is 0.801. The molecule has 3 atom stereocenters. The van der Waals surface area contributed by atoms with Crippen LogP contribution in [0.2, 0.25) is 0 Å². The van der Waals surface area contributed by atoms with Crippen molar-refractivity contribution in [2.45, 2.75) is 76.6 Å². The van der Waals surface area contributed by atoms with Crippen molar-refractivity contribution in [3.05, 3.63) is 0 Å². The first-order valence-electron chi connectivity index (χ1n) is 7.21. The van der Waals surface area contributed by atoms with Gasteiger partial charge in [0.05, 0.1) is 12.1 Å². The average Bonchev–Trinajstić information content (AvgIpc) is 2.91. The van der Waals surface area contributed by atoms with Crippen molar-refractivity contribution < 1.29 is 9.53 Å². The average molecular weight is 254 g/mol. The van der Waals surface area contributed by atoms with E-state index in [9.17, 15) is 4.79 Å². The van der Waals surface area contributed by atoms with Gasteiger partial charge < -0.3 is 10.1 Å². The second-order valence-electron chi connectivity index (χ2n) is 6.04. The third-order valence-corrected chi connectivity index (χ3v) is 4.53. The van der Waals surface area contributed by atoms with Crippen LogP contribution in [0.4, 0.5) is 0 Å². The highest BCUT2D eigenvalue weighted by Crippen LogP contribution is 2.25. The summed E-state index contributed by atoms with van der Waals surface area (Å²) in [5, 5.41) is 6.58. The zero-order valence-electron chi connectivity index (χ0n) is 11.8. The van der Waals surface area contributed by atoms with Crippen LogP contribution in [0.1, 0.15) is 52.9 Å². The number of hydrogen-bond acceptors (Lipinski definition) is 3. The van der Waals surface area contributed by atoms with Crippen LogP contribution in [-0.2, 0) is 9.53 Å². The topological polar surface area (TPSA) is 50.4 Å². The predicted octanol–water partition coefficient (Wildman–Crippen LogP) is 1.59. The maximum Gasteiger partial charge on any atom is 0.237 e. The fourth-order valence-electron chi connectivity index (χ4n) is 2.98. The summed E-state index contributed by atoms with van der Waals surface area (Å²) in [4.78, 5) is 12.1. The monoisotopic (exact) mass is 254 g/mol. The first kappa shape index (κ1) is 13.8. The molecule has 104 valence electrons. The maximum absolute atomic E-state index is 12.1. The third kappa shape index (κ3) is 3.04. The normalized spacial score (nSPS) is 34.7. The third-order valence-electron chi connectivity index (χ3n) is 4.53. The number of rotatable bonds is 4. The summed E-state index contributed by atoms with van der Waals surface area (Å²) in [6.45, 7) is 6.94. The Labute approximate surface area is 110 Å². The lowest BCUT2D eigenvalue weighted by Crippen LogP contribution is -2.56. The number of ether oxygens (including phenoxy) is 1. The zero-order valence-corrected chi connectivity index (χ0v) is 11.8. The van der Waals surface area contributed by atoms with E-state index in [1.165, 1.54) is 12.8 Å². The van der Waals surface area contributed by atoms with Crippen LogP contribution < -0.4 is 10.6 Å². The van der Waals surface area contributed by atoms with Gasteiger partial charge in [0.1, 0.15) is 0 Å². The van der Waals surface area contributed by atoms with Gasteiger partial charge in [-0.2, -0.15) is 0 Å². The molecule has 1 saturated heterocycles. The molecule has 2 N–H and O–H groups in total. The highest BCUT2D eigenvalue weighted by atomic mass is 16.5. The van der Waals surface area contributed by atoms with Gasteiger partial charge in [-0.3, -0.25) is 10.1 Å². The van der Waals surface area contributed by atoms with Gasteiger partial charge in [-0.05, 0) is 40.0 Å². The number of carbonyl (C=O) groups is 1. The lowest BCUT2D eigenvalue weighted by atomic mass is 9.93. The van der Waals surface area contributed by atoms with Crippen LogP contribution in [0.15, 0.2) is 0 Å². The SMILES string of the molecule is CC(NC1(C)CCOC1C)C(=O)NC1CCCC1. The van der Waals surface area contributed by atoms with Crippen molar-refractivity contribution in [3.8, 4) is 0 Å². The van der Waals surface area contributed by atoms with Gasteiger partial charge in [-0.25, -0.2) is 0 Å². The van der Waals surface area contributed by atoms with Crippen LogP contribution in [0.5, 0.6) is 0 Å². The second kappa shape index (κ2) is 5.57. The maximum atomic E-state index is 12.1. The standard InChI is InChI=1S/C14H26N2O2/c1-10(13(17)15-12-6-4-5-7-12)16-14(3)8-9-18-11(14)2/h10-12,16H,4-9H2,1-3H3,(H,15,17). The minimum atomic E-state index is -0.153. The van der Waals surface area contributed by atoms with Crippen molar-refractivity contribution in [1.82, 2.24) is 10.6 Å². The molecule has 0 aromatic carbocycles.